The van der Waals surface area contributed by atoms with Gasteiger partial charge in [0.1, 0.15) is 17.3 Å². The summed E-state index contributed by atoms with van der Waals surface area (Å²) in [5.74, 6) is 2.13. The van der Waals surface area contributed by atoms with Gasteiger partial charge in [0, 0.05) is 23.2 Å². The number of amidine groups is 1. The molecule has 0 saturated heterocycles. The van der Waals surface area contributed by atoms with E-state index in [-0.39, 0.29) is 0 Å². The van der Waals surface area contributed by atoms with Crippen molar-refractivity contribution in [1.29, 1.82) is 5.41 Å². The van der Waals surface area contributed by atoms with E-state index in [1.807, 2.05) is 60.7 Å². The Labute approximate surface area is 160 Å². The lowest BCUT2D eigenvalue weighted by molar-refractivity contribution is 0.415. The molecule has 4 heteroatoms. The van der Waals surface area contributed by atoms with Crippen molar-refractivity contribution in [3.8, 4) is 11.5 Å². The number of rotatable bonds is 7. The standard InChI is InChI=1S/C23H26N2O2/c1-4-5-16-25(17-10-12-18(26-2)13-11-17)23(24)21-14-15-22(27-3)20-9-7-6-8-19(20)21/h6-15,24H,4-5,16H2,1-3H3. The monoisotopic (exact) mass is 362 g/mol. The maximum absolute atomic E-state index is 8.96. The quantitative estimate of drug-likeness (QED) is 0.446. The van der Waals surface area contributed by atoms with Crippen molar-refractivity contribution in [3.05, 3.63) is 66.2 Å². The van der Waals surface area contributed by atoms with Crippen molar-refractivity contribution >= 4 is 22.3 Å². The molecular formula is C23H26N2O2. The minimum Gasteiger partial charge on any atom is -0.497 e. The lowest BCUT2D eigenvalue weighted by Gasteiger charge is -2.26. The topological polar surface area (TPSA) is 45.6 Å². The molecule has 27 heavy (non-hydrogen) atoms. The number of anilines is 1. The second-order valence-electron chi connectivity index (χ2n) is 6.41. The van der Waals surface area contributed by atoms with E-state index in [1.165, 1.54) is 0 Å². The first-order valence-electron chi connectivity index (χ1n) is 9.25. The van der Waals surface area contributed by atoms with Gasteiger partial charge in [0.15, 0.2) is 0 Å². The summed E-state index contributed by atoms with van der Waals surface area (Å²) in [5.41, 5.74) is 1.90. The fourth-order valence-corrected chi connectivity index (χ4v) is 3.25. The molecule has 0 bridgehead atoms. The van der Waals surface area contributed by atoms with Gasteiger partial charge in [-0.2, -0.15) is 0 Å². The molecule has 1 N–H and O–H groups in total. The van der Waals surface area contributed by atoms with E-state index in [0.29, 0.717) is 5.84 Å². The summed E-state index contributed by atoms with van der Waals surface area (Å²) < 4.78 is 10.8. The van der Waals surface area contributed by atoms with Crippen molar-refractivity contribution in [2.75, 3.05) is 25.7 Å². The molecule has 4 nitrogen and oxygen atoms in total. The number of methoxy groups -OCH3 is 2. The highest BCUT2D eigenvalue weighted by Crippen LogP contribution is 2.30. The third-order valence-corrected chi connectivity index (χ3v) is 4.75. The third kappa shape index (κ3) is 3.90. The molecule has 3 aromatic rings. The van der Waals surface area contributed by atoms with Crippen LogP contribution in [0.3, 0.4) is 0 Å². The van der Waals surface area contributed by atoms with E-state index in [9.17, 15) is 0 Å². The zero-order valence-corrected chi connectivity index (χ0v) is 16.2. The fourth-order valence-electron chi connectivity index (χ4n) is 3.25. The molecule has 140 valence electrons. The Morgan fingerprint density at radius 2 is 1.59 bits per heavy atom. The number of hydrogen-bond donors (Lipinski definition) is 1. The molecule has 0 saturated carbocycles. The Hall–Kier alpha value is -3.01. The highest BCUT2D eigenvalue weighted by Gasteiger charge is 2.17. The van der Waals surface area contributed by atoms with Gasteiger partial charge in [-0.15, -0.1) is 0 Å². The number of benzene rings is 3. The number of hydrogen-bond acceptors (Lipinski definition) is 3. The zero-order chi connectivity index (χ0) is 19.2. The van der Waals surface area contributed by atoms with Crippen LogP contribution in [0.15, 0.2) is 60.7 Å². The molecule has 0 fully saturated rings. The fraction of sp³-hybridized carbons (Fsp3) is 0.261. The third-order valence-electron chi connectivity index (χ3n) is 4.75. The van der Waals surface area contributed by atoms with Gasteiger partial charge in [-0.1, -0.05) is 37.6 Å². The molecule has 3 rings (SSSR count). The van der Waals surface area contributed by atoms with Crippen molar-refractivity contribution in [2.45, 2.75) is 19.8 Å². The normalized spacial score (nSPS) is 10.6. The first-order valence-corrected chi connectivity index (χ1v) is 9.25. The second kappa shape index (κ2) is 8.58. The van der Waals surface area contributed by atoms with E-state index >= 15 is 0 Å². The van der Waals surface area contributed by atoms with Crippen molar-refractivity contribution in [1.82, 2.24) is 0 Å². The van der Waals surface area contributed by atoms with E-state index in [4.69, 9.17) is 14.9 Å². The number of unbranched alkanes of at least 4 members (excludes halogenated alkanes) is 1. The summed E-state index contributed by atoms with van der Waals surface area (Å²) in [7, 11) is 3.34. The van der Waals surface area contributed by atoms with Gasteiger partial charge in [0.2, 0.25) is 0 Å². The first-order chi connectivity index (χ1) is 13.2. The summed E-state index contributed by atoms with van der Waals surface area (Å²) >= 11 is 0. The highest BCUT2D eigenvalue weighted by atomic mass is 16.5. The highest BCUT2D eigenvalue weighted by molar-refractivity contribution is 6.16. The van der Waals surface area contributed by atoms with Crippen LogP contribution in [0.5, 0.6) is 11.5 Å². The molecule has 0 amide bonds. The van der Waals surface area contributed by atoms with E-state index in [1.54, 1.807) is 14.2 Å². The molecule has 0 atom stereocenters. The summed E-state index contributed by atoms with van der Waals surface area (Å²) in [5, 5.41) is 11.0. The van der Waals surface area contributed by atoms with Crippen LogP contribution in [0.25, 0.3) is 10.8 Å². The number of fused-ring (bicyclic) bond motifs is 1. The molecule has 0 aliphatic rings. The minimum atomic E-state index is 0.493. The molecule has 0 radical (unpaired) electrons. The largest absolute Gasteiger partial charge is 0.497 e. The van der Waals surface area contributed by atoms with Gasteiger partial charge >= 0.3 is 0 Å². The Bertz CT molecular complexity index is 919. The molecule has 0 unspecified atom stereocenters. The number of ether oxygens (including phenoxy) is 2. The van der Waals surface area contributed by atoms with Crippen molar-refractivity contribution in [3.63, 3.8) is 0 Å². The van der Waals surface area contributed by atoms with Gasteiger partial charge in [0.05, 0.1) is 14.2 Å². The molecule has 0 spiro atoms. The Kier molecular flexibility index (Phi) is 5.97. The SMILES string of the molecule is CCCCN(C(=N)c1ccc(OC)c2ccccc12)c1ccc(OC)cc1. The smallest absolute Gasteiger partial charge is 0.133 e. The summed E-state index contributed by atoms with van der Waals surface area (Å²) in [6.07, 6.45) is 2.09. The maximum Gasteiger partial charge on any atom is 0.133 e. The Morgan fingerprint density at radius 3 is 2.22 bits per heavy atom. The molecule has 0 aliphatic heterocycles. The average molecular weight is 362 g/mol. The van der Waals surface area contributed by atoms with Gasteiger partial charge < -0.3 is 14.4 Å². The van der Waals surface area contributed by atoms with Crippen LogP contribution >= 0.6 is 0 Å². The van der Waals surface area contributed by atoms with E-state index < -0.39 is 0 Å². The van der Waals surface area contributed by atoms with Crippen LogP contribution in [0.1, 0.15) is 25.3 Å². The number of nitrogens with one attached hydrogen (secondary N) is 1. The van der Waals surface area contributed by atoms with Crippen LogP contribution in [-0.4, -0.2) is 26.6 Å². The van der Waals surface area contributed by atoms with Gasteiger partial charge in [-0.05, 0) is 48.2 Å². The van der Waals surface area contributed by atoms with E-state index in [2.05, 4.69) is 11.8 Å². The Balaban J connectivity index is 2.05. The van der Waals surface area contributed by atoms with Crippen LogP contribution in [0.4, 0.5) is 5.69 Å². The molecule has 0 heterocycles. The molecular weight excluding hydrogens is 336 g/mol. The van der Waals surface area contributed by atoms with Crippen LogP contribution in [0, 0.1) is 5.41 Å². The van der Waals surface area contributed by atoms with Crippen LogP contribution in [-0.2, 0) is 0 Å². The lowest BCUT2D eigenvalue weighted by atomic mass is 10.0. The summed E-state index contributed by atoms with van der Waals surface area (Å²) in [6, 6.07) is 19.9. The first kappa shape index (κ1) is 18.8. The van der Waals surface area contributed by atoms with E-state index in [0.717, 1.165) is 52.9 Å². The molecule has 0 aliphatic carbocycles. The summed E-state index contributed by atoms with van der Waals surface area (Å²) in [4.78, 5) is 2.07. The molecule has 3 aromatic carbocycles. The Morgan fingerprint density at radius 1 is 0.889 bits per heavy atom. The lowest BCUT2D eigenvalue weighted by Crippen LogP contribution is -2.32. The average Bonchev–Trinajstić information content (AvgIpc) is 2.73. The predicted molar refractivity (Wildman–Crippen MR) is 113 cm³/mol. The van der Waals surface area contributed by atoms with Gasteiger partial charge in [-0.25, -0.2) is 0 Å². The van der Waals surface area contributed by atoms with Gasteiger partial charge in [-0.3, -0.25) is 5.41 Å². The predicted octanol–water partition coefficient (Wildman–Crippen LogP) is 5.49. The zero-order valence-electron chi connectivity index (χ0n) is 16.2. The minimum absolute atomic E-state index is 0.493. The van der Waals surface area contributed by atoms with Crippen molar-refractivity contribution < 1.29 is 9.47 Å². The van der Waals surface area contributed by atoms with Crippen LogP contribution < -0.4 is 14.4 Å². The maximum atomic E-state index is 8.96. The summed E-state index contributed by atoms with van der Waals surface area (Å²) in [6.45, 7) is 2.96. The van der Waals surface area contributed by atoms with Gasteiger partial charge in [0.25, 0.3) is 0 Å². The van der Waals surface area contributed by atoms with Crippen LogP contribution in [0.2, 0.25) is 0 Å². The second-order valence-corrected chi connectivity index (χ2v) is 6.41. The molecule has 0 aromatic heterocycles. The number of nitrogens with zero attached hydrogens (tertiary/aromatic N) is 1. The van der Waals surface area contributed by atoms with Crippen molar-refractivity contribution in [2.24, 2.45) is 0 Å².